The highest BCUT2D eigenvalue weighted by Crippen LogP contribution is 2.24. The first-order valence-corrected chi connectivity index (χ1v) is 7.09. The Morgan fingerprint density at radius 3 is 2.95 bits per heavy atom. The van der Waals surface area contributed by atoms with Gasteiger partial charge in [0.2, 0.25) is 0 Å². The highest BCUT2D eigenvalue weighted by Gasteiger charge is 2.15. The van der Waals surface area contributed by atoms with Crippen LogP contribution in [0.25, 0.3) is 16.6 Å². The van der Waals surface area contributed by atoms with Gasteiger partial charge in [-0.05, 0) is 37.6 Å². The summed E-state index contributed by atoms with van der Waals surface area (Å²) in [5.74, 6) is 0. The predicted molar refractivity (Wildman–Crippen MR) is 80.3 cm³/mol. The Labute approximate surface area is 117 Å². The van der Waals surface area contributed by atoms with E-state index in [0.29, 0.717) is 0 Å². The molecule has 3 aromatic rings. The Kier molecular flexibility index (Phi) is 2.47. The number of aromatic amines is 1. The third-order valence-electron chi connectivity index (χ3n) is 4.05. The summed E-state index contributed by atoms with van der Waals surface area (Å²) >= 11 is 0. The van der Waals surface area contributed by atoms with E-state index in [1.165, 1.54) is 39.1 Å². The van der Waals surface area contributed by atoms with E-state index in [1.54, 1.807) is 0 Å². The summed E-state index contributed by atoms with van der Waals surface area (Å²) in [6.07, 6.45) is 3.18. The minimum atomic E-state index is 0.930. The number of aryl methyl sites for hydroxylation is 2. The third-order valence-corrected chi connectivity index (χ3v) is 4.05. The number of fused-ring (bicyclic) bond motifs is 2. The average Bonchev–Trinajstić information content (AvgIpc) is 2.99. The summed E-state index contributed by atoms with van der Waals surface area (Å²) in [6, 6.07) is 6.61. The molecule has 0 radical (unpaired) electrons. The van der Waals surface area contributed by atoms with Crippen molar-refractivity contribution in [2.75, 3.05) is 6.54 Å². The molecule has 4 nitrogen and oxygen atoms in total. The Balaban J connectivity index is 1.88. The van der Waals surface area contributed by atoms with Gasteiger partial charge in [-0.1, -0.05) is 0 Å². The van der Waals surface area contributed by atoms with Crippen LogP contribution in [0, 0.1) is 13.8 Å². The van der Waals surface area contributed by atoms with E-state index in [2.05, 4.69) is 48.5 Å². The van der Waals surface area contributed by atoms with Gasteiger partial charge in [0, 0.05) is 47.9 Å². The topological polar surface area (TPSA) is 45.6 Å². The Hall–Kier alpha value is -2.07. The normalized spacial score (nSPS) is 14.7. The molecule has 3 heterocycles. The van der Waals surface area contributed by atoms with E-state index in [1.807, 2.05) is 4.68 Å². The first kappa shape index (κ1) is 11.7. The monoisotopic (exact) mass is 266 g/mol. The smallest absolute Gasteiger partial charge is 0.0686 e. The Morgan fingerprint density at radius 1 is 1.20 bits per heavy atom. The second-order valence-electron chi connectivity index (χ2n) is 5.65. The Morgan fingerprint density at radius 2 is 2.10 bits per heavy atom. The van der Waals surface area contributed by atoms with Crippen molar-refractivity contribution in [2.24, 2.45) is 0 Å². The molecule has 1 aromatic carbocycles. The number of nitrogens with one attached hydrogen (secondary N) is 2. The zero-order valence-corrected chi connectivity index (χ0v) is 11.8. The van der Waals surface area contributed by atoms with Crippen molar-refractivity contribution in [1.82, 2.24) is 20.1 Å². The van der Waals surface area contributed by atoms with Crippen LogP contribution in [0.1, 0.15) is 22.5 Å². The third kappa shape index (κ3) is 1.76. The van der Waals surface area contributed by atoms with E-state index in [-0.39, 0.29) is 0 Å². The molecule has 0 amide bonds. The number of hydrogen-bond donors (Lipinski definition) is 2. The maximum absolute atomic E-state index is 4.76. The lowest BCUT2D eigenvalue weighted by Crippen LogP contribution is -2.22. The van der Waals surface area contributed by atoms with E-state index in [4.69, 9.17) is 5.10 Å². The lowest BCUT2D eigenvalue weighted by molar-refractivity contribution is 0.635. The molecule has 0 saturated heterocycles. The van der Waals surface area contributed by atoms with Gasteiger partial charge in [-0.25, -0.2) is 4.68 Å². The van der Waals surface area contributed by atoms with Crippen molar-refractivity contribution in [1.29, 1.82) is 0 Å². The summed E-state index contributed by atoms with van der Waals surface area (Å²) in [5, 5.41) is 9.40. The van der Waals surface area contributed by atoms with Crippen molar-refractivity contribution in [3.8, 4) is 5.69 Å². The molecule has 20 heavy (non-hydrogen) atoms. The minimum Gasteiger partial charge on any atom is -0.359 e. The van der Waals surface area contributed by atoms with Gasteiger partial charge in [-0.3, -0.25) is 0 Å². The number of benzene rings is 1. The van der Waals surface area contributed by atoms with Crippen LogP contribution >= 0.6 is 0 Å². The predicted octanol–water partition coefficient (Wildman–Crippen LogP) is 2.62. The van der Waals surface area contributed by atoms with Crippen LogP contribution in [0.3, 0.4) is 0 Å². The van der Waals surface area contributed by atoms with Gasteiger partial charge >= 0.3 is 0 Å². The maximum atomic E-state index is 4.76. The average molecular weight is 266 g/mol. The SMILES string of the molecule is Cc1cc2cc(-n3cc4c(n3)CCNC4)c(C)cc2[nH]1. The fourth-order valence-corrected chi connectivity index (χ4v) is 3.03. The summed E-state index contributed by atoms with van der Waals surface area (Å²) in [7, 11) is 0. The fourth-order valence-electron chi connectivity index (χ4n) is 3.03. The molecule has 2 aromatic heterocycles. The summed E-state index contributed by atoms with van der Waals surface area (Å²) in [6.45, 7) is 6.19. The van der Waals surface area contributed by atoms with Crippen LogP contribution in [0.15, 0.2) is 24.4 Å². The van der Waals surface area contributed by atoms with Crippen LogP contribution in [-0.4, -0.2) is 21.3 Å². The van der Waals surface area contributed by atoms with Gasteiger partial charge in [0.1, 0.15) is 0 Å². The van der Waals surface area contributed by atoms with Crippen molar-refractivity contribution in [3.05, 3.63) is 46.9 Å². The van der Waals surface area contributed by atoms with Crippen molar-refractivity contribution in [3.63, 3.8) is 0 Å². The van der Waals surface area contributed by atoms with Gasteiger partial charge in [-0.2, -0.15) is 5.10 Å². The van der Waals surface area contributed by atoms with Crippen LogP contribution < -0.4 is 5.32 Å². The molecule has 0 bridgehead atoms. The summed E-state index contributed by atoms with van der Waals surface area (Å²) < 4.78 is 2.04. The van der Waals surface area contributed by atoms with E-state index in [9.17, 15) is 0 Å². The van der Waals surface area contributed by atoms with Crippen LogP contribution in [0.2, 0.25) is 0 Å². The van der Waals surface area contributed by atoms with Crippen LogP contribution in [-0.2, 0) is 13.0 Å². The molecular formula is C16H18N4. The lowest BCUT2D eigenvalue weighted by Gasteiger charge is -2.09. The van der Waals surface area contributed by atoms with E-state index < -0.39 is 0 Å². The van der Waals surface area contributed by atoms with Gasteiger partial charge in [-0.15, -0.1) is 0 Å². The quantitative estimate of drug-likeness (QED) is 0.711. The fraction of sp³-hybridized carbons (Fsp3) is 0.312. The number of hydrogen-bond acceptors (Lipinski definition) is 2. The summed E-state index contributed by atoms with van der Waals surface area (Å²) in [5.41, 5.74) is 7.36. The first-order valence-electron chi connectivity index (χ1n) is 7.09. The second kappa shape index (κ2) is 4.21. The second-order valence-corrected chi connectivity index (χ2v) is 5.65. The molecule has 0 aliphatic carbocycles. The molecular weight excluding hydrogens is 248 g/mol. The molecule has 4 heteroatoms. The number of nitrogens with zero attached hydrogens (tertiary/aromatic N) is 2. The lowest BCUT2D eigenvalue weighted by atomic mass is 10.1. The molecule has 0 saturated carbocycles. The van der Waals surface area contributed by atoms with E-state index >= 15 is 0 Å². The largest absolute Gasteiger partial charge is 0.359 e. The van der Waals surface area contributed by atoms with Crippen molar-refractivity contribution >= 4 is 10.9 Å². The molecule has 0 unspecified atom stereocenters. The number of rotatable bonds is 1. The molecule has 4 rings (SSSR count). The molecule has 102 valence electrons. The van der Waals surface area contributed by atoms with Gasteiger partial charge in [0.25, 0.3) is 0 Å². The number of aromatic nitrogens is 3. The maximum Gasteiger partial charge on any atom is 0.0686 e. The number of H-pyrrole nitrogens is 1. The molecule has 1 aliphatic rings. The Bertz CT molecular complexity index is 771. The van der Waals surface area contributed by atoms with Crippen molar-refractivity contribution < 1.29 is 0 Å². The highest BCUT2D eigenvalue weighted by atomic mass is 15.3. The van der Waals surface area contributed by atoms with E-state index in [0.717, 1.165) is 19.5 Å². The first-order chi connectivity index (χ1) is 9.70. The molecule has 0 spiro atoms. The zero-order chi connectivity index (χ0) is 13.7. The van der Waals surface area contributed by atoms with Gasteiger partial charge in [0.05, 0.1) is 11.4 Å². The van der Waals surface area contributed by atoms with Crippen molar-refractivity contribution in [2.45, 2.75) is 26.8 Å². The molecule has 1 aliphatic heterocycles. The summed E-state index contributed by atoms with van der Waals surface area (Å²) in [4.78, 5) is 3.39. The molecule has 2 N–H and O–H groups in total. The molecule has 0 atom stereocenters. The van der Waals surface area contributed by atoms with Gasteiger partial charge < -0.3 is 10.3 Å². The van der Waals surface area contributed by atoms with Crippen LogP contribution in [0.5, 0.6) is 0 Å². The molecule has 0 fully saturated rings. The zero-order valence-electron chi connectivity index (χ0n) is 11.8. The van der Waals surface area contributed by atoms with Crippen LogP contribution in [0.4, 0.5) is 0 Å². The van der Waals surface area contributed by atoms with Gasteiger partial charge in [0.15, 0.2) is 0 Å². The standard InChI is InChI=1S/C16H18N4/c1-10-5-15-12(6-11(2)18-15)7-16(10)20-9-13-8-17-4-3-14(13)19-20/h5-7,9,17-18H,3-4,8H2,1-2H3. The minimum absolute atomic E-state index is 0.930. The highest BCUT2D eigenvalue weighted by molar-refractivity contribution is 5.83.